The number of hydrogen-bond acceptors (Lipinski definition) is 5. The van der Waals surface area contributed by atoms with Gasteiger partial charge >= 0.3 is 0 Å². The van der Waals surface area contributed by atoms with Crippen LogP contribution in [-0.2, 0) is 13.1 Å². The number of nitrogens with zero attached hydrogens (tertiary/aromatic N) is 5. The Hall–Kier alpha value is -3.67. The van der Waals surface area contributed by atoms with Gasteiger partial charge in [-0.25, -0.2) is 27.2 Å². The van der Waals surface area contributed by atoms with Crippen molar-refractivity contribution >= 4 is 23.5 Å². The third-order valence-corrected chi connectivity index (χ3v) is 5.14. The molecule has 3 heterocycles. The summed E-state index contributed by atoms with van der Waals surface area (Å²) < 4.78 is 60.1. The molecule has 0 bridgehead atoms. The number of benzene rings is 1. The Kier molecular flexibility index (Phi) is 6.68. The van der Waals surface area contributed by atoms with E-state index in [9.17, 15) is 22.4 Å². The van der Waals surface area contributed by atoms with E-state index < -0.39 is 41.7 Å². The molecule has 1 N–H and O–H groups in total. The molecule has 0 saturated heterocycles. The molecule has 3 aromatic heterocycles. The molecule has 1 amide bonds. The van der Waals surface area contributed by atoms with Crippen LogP contribution in [0.5, 0.6) is 0 Å². The minimum absolute atomic E-state index is 0.0324. The zero-order chi connectivity index (χ0) is 24.4. The van der Waals surface area contributed by atoms with Crippen molar-refractivity contribution in [2.24, 2.45) is 0 Å². The van der Waals surface area contributed by atoms with Crippen LogP contribution in [0.25, 0.3) is 0 Å². The van der Waals surface area contributed by atoms with Gasteiger partial charge in [-0.3, -0.25) is 14.8 Å². The molecule has 1 aromatic carbocycles. The summed E-state index contributed by atoms with van der Waals surface area (Å²) in [4.78, 5) is 16.5. The fourth-order valence-electron chi connectivity index (χ4n) is 3.26. The SMILES string of the molecule is Cc1cccc(Cn2cnc(NC(=O)c3ccc(Cn4nc(C(F)F)c(Cl)c4C(F)F)o3)n2)c1. The number of rotatable bonds is 8. The maximum atomic E-state index is 13.3. The Balaban J connectivity index is 1.43. The van der Waals surface area contributed by atoms with Gasteiger partial charge in [0.25, 0.3) is 18.8 Å². The lowest BCUT2D eigenvalue weighted by Gasteiger charge is -2.05. The number of aryl methyl sites for hydroxylation is 1. The van der Waals surface area contributed by atoms with Crippen LogP contribution in [0.2, 0.25) is 5.02 Å². The number of aromatic nitrogens is 5. The summed E-state index contributed by atoms with van der Waals surface area (Å²) in [5.74, 6) is -0.766. The van der Waals surface area contributed by atoms with Gasteiger partial charge in [0.05, 0.1) is 18.1 Å². The second kappa shape index (κ2) is 9.67. The zero-order valence-electron chi connectivity index (χ0n) is 17.6. The highest BCUT2D eigenvalue weighted by atomic mass is 35.5. The number of halogens is 5. The van der Waals surface area contributed by atoms with Crippen LogP contribution in [0, 0.1) is 6.92 Å². The van der Waals surface area contributed by atoms with E-state index in [-0.39, 0.29) is 17.5 Å². The molecule has 34 heavy (non-hydrogen) atoms. The number of hydrogen-bond donors (Lipinski definition) is 1. The molecule has 4 rings (SSSR count). The Morgan fingerprint density at radius 1 is 1.12 bits per heavy atom. The fourth-order valence-corrected chi connectivity index (χ4v) is 3.56. The van der Waals surface area contributed by atoms with Crippen molar-refractivity contribution in [3.63, 3.8) is 0 Å². The van der Waals surface area contributed by atoms with Crippen LogP contribution in [0.15, 0.2) is 47.1 Å². The minimum Gasteiger partial charge on any atom is -0.454 e. The zero-order valence-corrected chi connectivity index (χ0v) is 18.3. The van der Waals surface area contributed by atoms with Crippen LogP contribution in [0.3, 0.4) is 0 Å². The molecule has 178 valence electrons. The van der Waals surface area contributed by atoms with Crippen LogP contribution in [0.4, 0.5) is 23.5 Å². The number of amides is 1. The van der Waals surface area contributed by atoms with E-state index in [0.717, 1.165) is 11.1 Å². The van der Waals surface area contributed by atoms with E-state index >= 15 is 0 Å². The summed E-state index contributed by atoms with van der Waals surface area (Å²) in [7, 11) is 0. The number of anilines is 1. The highest BCUT2D eigenvalue weighted by molar-refractivity contribution is 6.32. The molecule has 0 atom stereocenters. The quantitative estimate of drug-likeness (QED) is 0.336. The summed E-state index contributed by atoms with van der Waals surface area (Å²) in [5, 5.41) is 9.31. The van der Waals surface area contributed by atoms with Crippen molar-refractivity contribution in [2.45, 2.75) is 32.9 Å². The largest absolute Gasteiger partial charge is 0.454 e. The minimum atomic E-state index is -3.13. The predicted molar refractivity (Wildman–Crippen MR) is 113 cm³/mol. The summed E-state index contributed by atoms with van der Waals surface area (Å²) in [6, 6.07) is 10.5. The Bertz CT molecular complexity index is 1320. The van der Waals surface area contributed by atoms with Gasteiger partial charge in [-0.05, 0) is 24.6 Å². The van der Waals surface area contributed by atoms with Gasteiger partial charge in [0.1, 0.15) is 23.5 Å². The molecule has 13 heteroatoms. The van der Waals surface area contributed by atoms with Gasteiger partial charge in [-0.15, -0.1) is 5.10 Å². The summed E-state index contributed by atoms with van der Waals surface area (Å²) >= 11 is 5.64. The molecule has 0 unspecified atom stereocenters. The summed E-state index contributed by atoms with van der Waals surface area (Å²) in [5.41, 5.74) is 0.301. The molecule has 0 aliphatic carbocycles. The third kappa shape index (κ3) is 5.11. The number of alkyl halides is 4. The molecule has 4 aromatic rings. The predicted octanol–water partition coefficient (Wildman–Crippen LogP) is 5.25. The Labute approximate surface area is 195 Å². The highest BCUT2D eigenvalue weighted by Crippen LogP contribution is 2.35. The van der Waals surface area contributed by atoms with Crippen LogP contribution < -0.4 is 5.32 Å². The van der Waals surface area contributed by atoms with Gasteiger partial charge in [-0.2, -0.15) is 5.10 Å². The lowest BCUT2D eigenvalue weighted by molar-refractivity contribution is 0.0993. The van der Waals surface area contributed by atoms with Gasteiger partial charge in [-0.1, -0.05) is 41.4 Å². The number of carbonyl (C=O) groups excluding carboxylic acids is 1. The molecule has 0 saturated carbocycles. The molecular formula is C21H17ClF4N6O2. The fraction of sp³-hybridized carbons (Fsp3) is 0.238. The maximum Gasteiger partial charge on any atom is 0.293 e. The average molecular weight is 497 g/mol. The van der Waals surface area contributed by atoms with Crippen molar-refractivity contribution in [3.05, 3.63) is 81.8 Å². The molecule has 0 radical (unpaired) electrons. The lowest BCUT2D eigenvalue weighted by atomic mass is 10.1. The molecule has 0 aliphatic rings. The summed E-state index contributed by atoms with van der Waals surface area (Å²) in [6.45, 7) is 2.00. The lowest BCUT2D eigenvalue weighted by Crippen LogP contribution is -2.13. The van der Waals surface area contributed by atoms with Crippen LogP contribution in [0.1, 0.15) is 51.7 Å². The van der Waals surface area contributed by atoms with E-state index in [2.05, 4.69) is 20.5 Å². The number of nitrogens with one attached hydrogen (secondary N) is 1. The van der Waals surface area contributed by atoms with Crippen LogP contribution >= 0.6 is 11.6 Å². The molecule has 0 fully saturated rings. The summed E-state index contributed by atoms with van der Waals surface area (Å²) in [6.07, 6.45) is -4.80. The molecule has 0 aliphatic heterocycles. The Morgan fingerprint density at radius 3 is 2.62 bits per heavy atom. The molecular weight excluding hydrogens is 480 g/mol. The van der Waals surface area contributed by atoms with Crippen molar-refractivity contribution in [1.29, 1.82) is 0 Å². The van der Waals surface area contributed by atoms with E-state index in [0.29, 0.717) is 11.2 Å². The van der Waals surface area contributed by atoms with E-state index in [4.69, 9.17) is 16.0 Å². The number of furan rings is 1. The smallest absolute Gasteiger partial charge is 0.293 e. The first kappa shape index (κ1) is 23.5. The normalized spacial score (nSPS) is 11.5. The first-order chi connectivity index (χ1) is 16.2. The van der Waals surface area contributed by atoms with Crippen molar-refractivity contribution in [2.75, 3.05) is 5.32 Å². The Morgan fingerprint density at radius 2 is 1.91 bits per heavy atom. The highest BCUT2D eigenvalue weighted by Gasteiger charge is 2.28. The second-order valence-electron chi connectivity index (χ2n) is 7.32. The molecule has 8 nitrogen and oxygen atoms in total. The monoisotopic (exact) mass is 496 g/mol. The van der Waals surface area contributed by atoms with E-state index in [1.54, 1.807) is 4.68 Å². The van der Waals surface area contributed by atoms with Gasteiger partial charge in [0.2, 0.25) is 5.95 Å². The van der Waals surface area contributed by atoms with E-state index in [1.165, 1.54) is 18.5 Å². The van der Waals surface area contributed by atoms with Crippen molar-refractivity contribution < 1.29 is 26.8 Å². The van der Waals surface area contributed by atoms with Crippen molar-refractivity contribution in [3.8, 4) is 0 Å². The topological polar surface area (TPSA) is 90.8 Å². The first-order valence-electron chi connectivity index (χ1n) is 9.88. The van der Waals surface area contributed by atoms with Gasteiger partial charge in [0.15, 0.2) is 5.76 Å². The maximum absolute atomic E-state index is 13.3. The van der Waals surface area contributed by atoms with Gasteiger partial charge < -0.3 is 4.42 Å². The first-order valence-corrected chi connectivity index (χ1v) is 10.3. The van der Waals surface area contributed by atoms with Crippen LogP contribution in [-0.4, -0.2) is 30.5 Å². The van der Waals surface area contributed by atoms with Crippen molar-refractivity contribution in [1.82, 2.24) is 24.5 Å². The van der Waals surface area contributed by atoms with E-state index in [1.807, 2.05) is 31.2 Å². The van der Waals surface area contributed by atoms with Gasteiger partial charge in [0, 0.05) is 0 Å². The average Bonchev–Trinajstić information content (AvgIpc) is 3.48. The second-order valence-corrected chi connectivity index (χ2v) is 7.70. The molecule has 0 spiro atoms. The standard InChI is InChI=1S/C21H17ClF4N6O2/c1-11-3-2-4-12(7-11)8-31-10-27-21(30-31)28-20(33)14-6-5-13(34-14)9-32-17(19(25)26)15(22)16(29-32)18(23)24/h2-7,10,18-19H,8-9H2,1H3,(H,28,30,33). The third-order valence-electron chi connectivity index (χ3n) is 4.75. The number of carbonyl (C=O) groups is 1.